The molecule has 1 atom stereocenters. The molecule has 1 heterocycles. The van der Waals surface area contributed by atoms with Crippen molar-refractivity contribution in [3.8, 4) is 17.2 Å². The number of ether oxygens (including phenoxy) is 2. The second-order valence-electron chi connectivity index (χ2n) is 7.38. The van der Waals surface area contributed by atoms with Crippen molar-refractivity contribution in [2.45, 2.75) is 46.1 Å². The van der Waals surface area contributed by atoms with Crippen LogP contribution in [0.4, 0.5) is 0 Å². The fraction of sp³-hybridized carbons (Fsp3) is 0.435. The molecule has 2 rings (SSSR count). The van der Waals surface area contributed by atoms with Crippen molar-refractivity contribution in [1.29, 1.82) is 0 Å². The largest absolute Gasteiger partial charge is 0.504 e. The molecule has 0 aliphatic carbocycles. The molecule has 0 aliphatic rings. The van der Waals surface area contributed by atoms with Crippen LogP contribution in [-0.4, -0.2) is 41.2 Å². The number of hydrogen-bond acceptors (Lipinski definition) is 7. The van der Waals surface area contributed by atoms with Crippen molar-refractivity contribution in [3.63, 3.8) is 0 Å². The summed E-state index contributed by atoms with van der Waals surface area (Å²) in [6.45, 7) is 6.08. The Morgan fingerprint density at radius 3 is 2.67 bits per heavy atom. The van der Waals surface area contributed by atoms with Gasteiger partial charge in [0.1, 0.15) is 17.9 Å². The van der Waals surface area contributed by atoms with Crippen LogP contribution in [-0.2, 0) is 0 Å². The van der Waals surface area contributed by atoms with Crippen LogP contribution >= 0.6 is 0 Å². The van der Waals surface area contributed by atoms with Crippen molar-refractivity contribution in [2.75, 3.05) is 19.8 Å². The lowest BCUT2D eigenvalue weighted by atomic mass is 10.1. The van der Waals surface area contributed by atoms with E-state index < -0.39 is 11.7 Å². The van der Waals surface area contributed by atoms with E-state index in [-0.39, 0.29) is 48.7 Å². The molecule has 7 heteroatoms. The number of fused-ring (bicyclic) bond motifs is 1. The maximum Gasteiger partial charge on any atom is 0.383 e. The van der Waals surface area contributed by atoms with Crippen LogP contribution in [0.1, 0.15) is 40.0 Å². The highest BCUT2D eigenvalue weighted by Crippen LogP contribution is 2.33. The topological polar surface area (TPSA) is 109 Å². The van der Waals surface area contributed by atoms with Gasteiger partial charge in [0, 0.05) is 6.42 Å². The van der Waals surface area contributed by atoms with Gasteiger partial charge in [-0.2, -0.15) is 0 Å². The lowest BCUT2D eigenvalue weighted by Gasteiger charge is -2.11. The summed E-state index contributed by atoms with van der Waals surface area (Å²) in [5.41, 5.74) is 1.85. The van der Waals surface area contributed by atoms with E-state index in [9.17, 15) is 15.0 Å². The van der Waals surface area contributed by atoms with Gasteiger partial charge in [0.15, 0.2) is 5.75 Å². The van der Waals surface area contributed by atoms with Crippen molar-refractivity contribution in [1.82, 2.24) is 0 Å². The molecule has 30 heavy (non-hydrogen) atoms. The van der Waals surface area contributed by atoms with E-state index in [1.165, 1.54) is 17.7 Å². The highest BCUT2D eigenvalue weighted by Gasteiger charge is 2.16. The fourth-order valence-corrected chi connectivity index (χ4v) is 2.73. The van der Waals surface area contributed by atoms with Crippen molar-refractivity contribution in [3.05, 3.63) is 51.9 Å². The minimum Gasteiger partial charge on any atom is -0.504 e. The van der Waals surface area contributed by atoms with E-state index in [2.05, 4.69) is 19.9 Å². The molecular formula is C23H30O7. The number of rotatable bonds is 11. The quantitative estimate of drug-likeness (QED) is 0.377. The van der Waals surface area contributed by atoms with Gasteiger partial charge in [-0.25, -0.2) is 4.79 Å². The minimum absolute atomic E-state index is 0.139. The van der Waals surface area contributed by atoms with Crippen molar-refractivity contribution in [2.24, 2.45) is 0 Å². The average Bonchev–Trinajstić information content (AvgIpc) is 2.70. The molecule has 0 aliphatic heterocycles. The normalized spacial score (nSPS) is 12.6. The number of aliphatic hydroxyl groups excluding tert-OH is 2. The number of benzene rings is 1. The van der Waals surface area contributed by atoms with Gasteiger partial charge < -0.3 is 29.2 Å². The zero-order chi connectivity index (χ0) is 22.1. The Bertz CT molecular complexity index is 952. The van der Waals surface area contributed by atoms with Crippen LogP contribution in [0.15, 0.2) is 50.7 Å². The Morgan fingerprint density at radius 2 is 1.97 bits per heavy atom. The van der Waals surface area contributed by atoms with Crippen molar-refractivity contribution < 1.29 is 29.2 Å². The van der Waals surface area contributed by atoms with E-state index in [0.29, 0.717) is 5.75 Å². The number of hydrogen-bond donors (Lipinski definition) is 3. The summed E-state index contributed by atoms with van der Waals surface area (Å²) in [6.07, 6.45) is 5.26. The van der Waals surface area contributed by atoms with Crippen LogP contribution in [0.25, 0.3) is 11.0 Å². The average molecular weight is 418 g/mol. The molecule has 1 aromatic heterocycles. The van der Waals surface area contributed by atoms with Crippen molar-refractivity contribution >= 4 is 11.0 Å². The summed E-state index contributed by atoms with van der Waals surface area (Å²) in [5.74, 6) is -0.126. The third kappa shape index (κ3) is 6.93. The van der Waals surface area contributed by atoms with E-state index in [4.69, 9.17) is 19.0 Å². The highest BCUT2D eigenvalue weighted by atomic mass is 16.5. The molecule has 0 amide bonds. The standard InChI is InChI=1S/C23H30O7/c1-15(2)5-4-6-16(3)9-11-29-22-21(26)19-13-18(28-12-10-17(25)14-24)7-8-20(19)30-23(22)27/h5,7-9,13,17,24-26H,4,6,10-12,14H2,1-3H3. The molecule has 3 N–H and O–H groups in total. The molecule has 2 aromatic rings. The van der Waals surface area contributed by atoms with Gasteiger partial charge in [0.25, 0.3) is 0 Å². The lowest BCUT2D eigenvalue weighted by Crippen LogP contribution is -2.15. The number of aromatic hydroxyl groups is 1. The molecule has 1 aromatic carbocycles. The van der Waals surface area contributed by atoms with E-state index in [1.807, 2.05) is 13.0 Å². The van der Waals surface area contributed by atoms with E-state index in [0.717, 1.165) is 18.4 Å². The Labute approximate surface area is 175 Å². The van der Waals surface area contributed by atoms with Crippen LogP contribution in [0.3, 0.4) is 0 Å². The van der Waals surface area contributed by atoms with Crippen LogP contribution in [0.5, 0.6) is 17.2 Å². The van der Waals surface area contributed by atoms with Gasteiger partial charge in [-0.05, 0) is 57.9 Å². The monoisotopic (exact) mass is 418 g/mol. The zero-order valence-electron chi connectivity index (χ0n) is 17.7. The molecule has 0 saturated carbocycles. The molecule has 1 unspecified atom stereocenters. The minimum atomic E-state index is -0.851. The second kappa shape index (κ2) is 11.4. The lowest BCUT2D eigenvalue weighted by molar-refractivity contribution is 0.0754. The Morgan fingerprint density at radius 1 is 1.20 bits per heavy atom. The van der Waals surface area contributed by atoms with E-state index in [1.54, 1.807) is 6.07 Å². The highest BCUT2D eigenvalue weighted by molar-refractivity contribution is 5.86. The van der Waals surface area contributed by atoms with Gasteiger partial charge in [-0.1, -0.05) is 17.2 Å². The Kier molecular flexibility index (Phi) is 8.95. The summed E-state index contributed by atoms with van der Waals surface area (Å²) >= 11 is 0. The first-order valence-corrected chi connectivity index (χ1v) is 9.95. The smallest absolute Gasteiger partial charge is 0.383 e. The predicted octanol–water partition coefficient (Wildman–Crippen LogP) is 3.69. The van der Waals surface area contributed by atoms with Gasteiger partial charge in [-0.15, -0.1) is 0 Å². The molecule has 7 nitrogen and oxygen atoms in total. The first-order valence-electron chi connectivity index (χ1n) is 9.95. The van der Waals surface area contributed by atoms with Gasteiger partial charge in [-0.3, -0.25) is 0 Å². The van der Waals surface area contributed by atoms with E-state index >= 15 is 0 Å². The summed E-state index contributed by atoms with van der Waals surface area (Å²) in [6, 6.07) is 4.65. The van der Waals surface area contributed by atoms with Crippen LogP contribution in [0, 0.1) is 0 Å². The zero-order valence-corrected chi connectivity index (χ0v) is 17.7. The maximum atomic E-state index is 12.2. The Balaban J connectivity index is 2.10. The second-order valence-corrected chi connectivity index (χ2v) is 7.38. The summed E-state index contributed by atoms with van der Waals surface area (Å²) in [5, 5.41) is 29.0. The van der Waals surface area contributed by atoms with Gasteiger partial charge in [0.05, 0.1) is 24.7 Å². The summed E-state index contributed by atoms with van der Waals surface area (Å²) in [7, 11) is 0. The summed E-state index contributed by atoms with van der Waals surface area (Å²) < 4.78 is 16.3. The van der Waals surface area contributed by atoms with Gasteiger partial charge >= 0.3 is 5.63 Å². The molecular weight excluding hydrogens is 388 g/mol. The Hall–Kier alpha value is -2.77. The molecule has 0 bridgehead atoms. The number of aliphatic hydroxyl groups is 2. The first kappa shape index (κ1) is 23.5. The number of allylic oxidation sites excluding steroid dienone is 3. The van der Waals surface area contributed by atoms with Crippen LogP contribution < -0.4 is 15.1 Å². The first-order chi connectivity index (χ1) is 14.3. The molecule has 0 fully saturated rings. The fourth-order valence-electron chi connectivity index (χ4n) is 2.73. The van der Waals surface area contributed by atoms with Crippen LogP contribution in [0.2, 0.25) is 0 Å². The molecule has 0 saturated heterocycles. The SMILES string of the molecule is CC(C)=CCCC(C)=CCOc1c(O)c2cc(OCCC(O)CO)ccc2oc1=O. The third-order valence-corrected chi connectivity index (χ3v) is 4.49. The molecule has 0 spiro atoms. The summed E-state index contributed by atoms with van der Waals surface area (Å²) in [4.78, 5) is 12.2. The maximum absolute atomic E-state index is 12.2. The molecule has 0 radical (unpaired) electrons. The molecule has 164 valence electrons. The third-order valence-electron chi connectivity index (χ3n) is 4.49. The predicted molar refractivity (Wildman–Crippen MR) is 115 cm³/mol. The van der Waals surface area contributed by atoms with Gasteiger partial charge in [0.2, 0.25) is 5.75 Å².